The summed E-state index contributed by atoms with van der Waals surface area (Å²) in [6.07, 6.45) is 2.41. The molecular formula is C29H27N5O2. The van der Waals surface area contributed by atoms with Crippen LogP contribution in [-0.4, -0.2) is 26.4 Å². The lowest BCUT2D eigenvalue weighted by Crippen LogP contribution is -2.36. The molecule has 7 nitrogen and oxygen atoms in total. The first-order chi connectivity index (χ1) is 17.4. The van der Waals surface area contributed by atoms with Crippen LogP contribution in [-0.2, 0) is 13.0 Å². The normalized spacial score (nSPS) is 11.2. The van der Waals surface area contributed by atoms with Crippen molar-refractivity contribution in [3.63, 3.8) is 0 Å². The van der Waals surface area contributed by atoms with Crippen LogP contribution in [0.25, 0.3) is 16.7 Å². The molecule has 180 valence electrons. The standard InChI is InChI=1S/C29H27N5O2/c1-19-8-11-22(12-9-19)18-34-26(30)23(28(35)31-15-14-21-6-4-3-5-7-21)16-24-27(34)32-25-13-10-20(2)17-33(25)29(24)36/h3-13,16-17,30H,14-15,18H2,1-2H3,(H,31,35). The number of aryl methyl sites for hydroxylation is 2. The number of aromatic nitrogens is 3. The number of hydrogen-bond donors (Lipinski definition) is 2. The number of carbonyl (C=O) groups excluding carboxylic acids is 1. The number of nitrogens with zero attached hydrogens (tertiary/aromatic N) is 3. The first-order valence-electron chi connectivity index (χ1n) is 11.9. The van der Waals surface area contributed by atoms with E-state index < -0.39 is 0 Å². The summed E-state index contributed by atoms with van der Waals surface area (Å²) >= 11 is 0. The number of fused-ring (bicyclic) bond motifs is 2. The van der Waals surface area contributed by atoms with Crippen molar-refractivity contribution in [2.75, 3.05) is 6.54 Å². The van der Waals surface area contributed by atoms with Crippen LogP contribution in [0, 0.1) is 19.3 Å². The van der Waals surface area contributed by atoms with Crippen molar-refractivity contribution < 1.29 is 4.79 Å². The number of benzene rings is 2. The topological polar surface area (TPSA) is 92.2 Å². The number of nitrogens with one attached hydrogen (secondary N) is 2. The van der Waals surface area contributed by atoms with Gasteiger partial charge in [-0.3, -0.25) is 19.4 Å². The predicted molar refractivity (Wildman–Crippen MR) is 140 cm³/mol. The Bertz CT molecular complexity index is 1700. The molecule has 0 radical (unpaired) electrons. The van der Waals surface area contributed by atoms with Crippen LogP contribution < -0.4 is 16.4 Å². The molecule has 5 aromatic rings. The quantitative estimate of drug-likeness (QED) is 0.365. The summed E-state index contributed by atoms with van der Waals surface area (Å²) in [5.41, 5.74) is 4.89. The van der Waals surface area contributed by atoms with Gasteiger partial charge < -0.3 is 9.88 Å². The molecule has 0 atom stereocenters. The molecule has 0 aliphatic carbocycles. The zero-order chi connectivity index (χ0) is 25.2. The average Bonchev–Trinajstić information content (AvgIpc) is 2.88. The van der Waals surface area contributed by atoms with E-state index >= 15 is 0 Å². The van der Waals surface area contributed by atoms with Gasteiger partial charge in [0.25, 0.3) is 11.5 Å². The highest BCUT2D eigenvalue weighted by molar-refractivity contribution is 5.96. The summed E-state index contributed by atoms with van der Waals surface area (Å²) in [5.74, 6) is -0.385. The number of pyridine rings is 2. The maximum absolute atomic E-state index is 13.5. The van der Waals surface area contributed by atoms with Gasteiger partial charge in [-0.25, -0.2) is 4.98 Å². The van der Waals surface area contributed by atoms with Crippen LogP contribution >= 0.6 is 0 Å². The Morgan fingerprint density at radius 2 is 1.67 bits per heavy atom. The van der Waals surface area contributed by atoms with Gasteiger partial charge in [-0.1, -0.05) is 66.2 Å². The minimum atomic E-state index is -0.385. The van der Waals surface area contributed by atoms with E-state index in [2.05, 4.69) is 5.32 Å². The van der Waals surface area contributed by atoms with E-state index in [0.717, 1.165) is 22.3 Å². The Labute approximate surface area is 208 Å². The smallest absolute Gasteiger partial charge is 0.267 e. The van der Waals surface area contributed by atoms with Crippen molar-refractivity contribution in [3.05, 3.63) is 123 Å². The first-order valence-corrected chi connectivity index (χ1v) is 11.9. The van der Waals surface area contributed by atoms with E-state index in [4.69, 9.17) is 10.4 Å². The Balaban J connectivity index is 1.61. The molecule has 1 amide bonds. The minimum absolute atomic E-state index is 0.0173. The molecule has 7 heteroatoms. The Hall–Kier alpha value is -4.52. The van der Waals surface area contributed by atoms with Gasteiger partial charge in [-0.05, 0) is 49.1 Å². The summed E-state index contributed by atoms with van der Waals surface area (Å²) in [4.78, 5) is 31.4. The summed E-state index contributed by atoms with van der Waals surface area (Å²) in [5, 5.41) is 12.1. The van der Waals surface area contributed by atoms with Gasteiger partial charge >= 0.3 is 0 Å². The molecule has 0 fully saturated rings. The number of rotatable bonds is 6. The van der Waals surface area contributed by atoms with E-state index in [0.29, 0.717) is 36.2 Å². The van der Waals surface area contributed by atoms with E-state index in [1.165, 1.54) is 10.5 Å². The van der Waals surface area contributed by atoms with E-state index in [-0.39, 0.29) is 22.5 Å². The molecule has 3 aromatic heterocycles. The highest BCUT2D eigenvalue weighted by atomic mass is 16.1. The van der Waals surface area contributed by atoms with E-state index in [9.17, 15) is 9.59 Å². The molecule has 0 aliphatic heterocycles. The van der Waals surface area contributed by atoms with Crippen LogP contribution in [0.5, 0.6) is 0 Å². The van der Waals surface area contributed by atoms with Crippen molar-refractivity contribution in [1.82, 2.24) is 19.3 Å². The van der Waals surface area contributed by atoms with Crippen molar-refractivity contribution >= 4 is 22.6 Å². The molecular weight excluding hydrogens is 450 g/mol. The summed E-state index contributed by atoms with van der Waals surface area (Å²) in [6, 6.07) is 23.1. The van der Waals surface area contributed by atoms with Gasteiger partial charge in [0.15, 0.2) is 0 Å². The minimum Gasteiger partial charge on any atom is -0.352 e. The van der Waals surface area contributed by atoms with Gasteiger partial charge in [0.1, 0.15) is 16.8 Å². The fourth-order valence-corrected chi connectivity index (χ4v) is 4.31. The monoisotopic (exact) mass is 477 g/mol. The molecule has 0 aliphatic rings. The van der Waals surface area contributed by atoms with Crippen molar-refractivity contribution in [3.8, 4) is 0 Å². The number of hydrogen-bond acceptors (Lipinski definition) is 4. The van der Waals surface area contributed by atoms with Crippen LogP contribution in [0.4, 0.5) is 0 Å². The molecule has 36 heavy (non-hydrogen) atoms. The maximum atomic E-state index is 13.5. The third-order valence-corrected chi connectivity index (χ3v) is 6.30. The van der Waals surface area contributed by atoms with E-state index in [1.54, 1.807) is 16.8 Å². The van der Waals surface area contributed by atoms with Gasteiger partial charge in [0.05, 0.1) is 17.5 Å². The largest absolute Gasteiger partial charge is 0.352 e. The van der Waals surface area contributed by atoms with Crippen LogP contribution in [0.15, 0.2) is 83.8 Å². The lowest BCUT2D eigenvalue weighted by Gasteiger charge is -2.15. The summed E-state index contributed by atoms with van der Waals surface area (Å²) in [7, 11) is 0. The van der Waals surface area contributed by atoms with Gasteiger partial charge in [0, 0.05) is 12.7 Å². The first kappa shape index (κ1) is 23.2. The zero-order valence-corrected chi connectivity index (χ0v) is 20.3. The molecule has 0 saturated heterocycles. The third kappa shape index (κ3) is 4.55. The van der Waals surface area contributed by atoms with Crippen LogP contribution in [0.1, 0.15) is 32.6 Å². The molecule has 0 unspecified atom stereocenters. The summed E-state index contributed by atoms with van der Waals surface area (Å²) < 4.78 is 3.14. The Kier molecular flexibility index (Phi) is 6.21. The van der Waals surface area contributed by atoms with E-state index in [1.807, 2.05) is 74.5 Å². The fraction of sp³-hybridized carbons (Fsp3) is 0.172. The van der Waals surface area contributed by atoms with Crippen molar-refractivity contribution in [2.45, 2.75) is 26.8 Å². The van der Waals surface area contributed by atoms with Gasteiger partial charge in [0.2, 0.25) is 0 Å². The molecule has 3 heterocycles. The van der Waals surface area contributed by atoms with Gasteiger partial charge in [-0.15, -0.1) is 0 Å². The maximum Gasteiger partial charge on any atom is 0.267 e. The lowest BCUT2D eigenvalue weighted by molar-refractivity contribution is 0.0951. The Morgan fingerprint density at radius 1 is 0.944 bits per heavy atom. The number of amides is 1. The van der Waals surface area contributed by atoms with Crippen LogP contribution in [0.2, 0.25) is 0 Å². The average molecular weight is 478 g/mol. The van der Waals surface area contributed by atoms with Crippen LogP contribution in [0.3, 0.4) is 0 Å². The molecule has 0 spiro atoms. The number of carbonyl (C=O) groups is 1. The SMILES string of the molecule is Cc1ccc(Cn2c(=N)c(C(=O)NCCc3ccccc3)cc3c(=O)n4cc(C)ccc4nc32)cc1. The third-order valence-electron chi connectivity index (χ3n) is 6.30. The van der Waals surface area contributed by atoms with Crippen molar-refractivity contribution in [2.24, 2.45) is 0 Å². The molecule has 5 rings (SSSR count). The molecule has 2 aromatic carbocycles. The van der Waals surface area contributed by atoms with Crippen molar-refractivity contribution in [1.29, 1.82) is 5.41 Å². The second-order valence-electron chi connectivity index (χ2n) is 9.06. The van der Waals surface area contributed by atoms with Gasteiger partial charge in [-0.2, -0.15) is 0 Å². The summed E-state index contributed by atoms with van der Waals surface area (Å²) in [6.45, 7) is 4.66. The predicted octanol–water partition coefficient (Wildman–Crippen LogP) is 3.77. The molecule has 2 N–H and O–H groups in total. The fourth-order valence-electron chi connectivity index (χ4n) is 4.31. The highest BCUT2D eigenvalue weighted by Gasteiger charge is 2.18. The second kappa shape index (κ2) is 9.62. The lowest BCUT2D eigenvalue weighted by atomic mass is 10.1. The molecule has 0 bridgehead atoms. The highest BCUT2D eigenvalue weighted by Crippen LogP contribution is 2.14. The zero-order valence-electron chi connectivity index (χ0n) is 20.3. The second-order valence-corrected chi connectivity index (χ2v) is 9.06. The Morgan fingerprint density at radius 3 is 2.42 bits per heavy atom. The molecule has 0 saturated carbocycles.